The number of nitrogens with zero attached hydrogens (tertiary/aromatic N) is 5. The highest BCUT2D eigenvalue weighted by molar-refractivity contribution is 7.89. The van der Waals surface area contributed by atoms with Crippen LogP contribution in [0.5, 0.6) is 0 Å². The molecule has 0 aliphatic rings. The molecule has 12 heteroatoms. The fourth-order valence-corrected chi connectivity index (χ4v) is 3.40. The molecule has 0 atom stereocenters. The molecule has 1 N–H and O–H groups in total. The molecular weight excluding hydrogens is 403 g/mol. The van der Waals surface area contributed by atoms with Crippen molar-refractivity contribution in [3.63, 3.8) is 0 Å². The molecule has 10 nitrogen and oxygen atoms in total. The predicted octanol–water partition coefficient (Wildman–Crippen LogP) is 1.54. The van der Waals surface area contributed by atoms with Crippen LogP contribution in [0.2, 0.25) is 0 Å². The number of aromatic nitrogens is 4. The summed E-state index contributed by atoms with van der Waals surface area (Å²) >= 11 is 0. The van der Waals surface area contributed by atoms with Crippen LogP contribution >= 0.6 is 0 Å². The van der Waals surface area contributed by atoms with E-state index in [0.717, 1.165) is 0 Å². The quantitative estimate of drug-likeness (QED) is 0.601. The maximum atomic E-state index is 14.2. The summed E-state index contributed by atoms with van der Waals surface area (Å²) < 4.78 is 40.6. The largest absolute Gasteiger partial charge is 0.319 e. The first-order chi connectivity index (χ1) is 13.7. The number of tetrazole rings is 1. The van der Waals surface area contributed by atoms with E-state index in [1.54, 1.807) is 6.92 Å². The van der Waals surface area contributed by atoms with Crippen LogP contribution in [-0.4, -0.2) is 53.2 Å². The summed E-state index contributed by atoms with van der Waals surface area (Å²) in [4.78, 5) is 17.1. The van der Waals surface area contributed by atoms with Crippen LogP contribution in [0.1, 0.15) is 16.2 Å². The normalized spacial score (nSPS) is 11.6. The number of halogens is 1. The molecule has 0 fully saturated rings. The summed E-state index contributed by atoms with van der Waals surface area (Å²) in [5.41, 5.74) is 0.541. The van der Waals surface area contributed by atoms with Crippen LogP contribution in [0.15, 0.2) is 47.4 Å². The zero-order chi connectivity index (χ0) is 21.2. The van der Waals surface area contributed by atoms with Gasteiger partial charge in [-0.1, -0.05) is 4.47 Å². The van der Waals surface area contributed by atoms with E-state index in [9.17, 15) is 17.6 Å². The number of sulfonamides is 1. The Hall–Kier alpha value is -3.22. The van der Waals surface area contributed by atoms with Crippen molar-refractivity contribution in [2.24, 2.45) is 0 Å². The Kier molecular flexibility index (Phi) is 5.68. The third kappa shape index (κ3) is 4.13. The molecule has 1 heterocycles. The van der Waals surface area contributed by atoms with Gasteiger partial charge >= 0.3 is 0 Å². The number of benzene rings is 2. The van der Waals surface area contributed by atoms with Gasteiger partial charge in [0.25, 0.3) is 15.9 Å². The Morgan fingerprint density at radius 1 is 1.21 bits per heavy atom. The van der Waals surface area contributed by atoms with Gasteiger partial charge in [0.2, 0.25) is 0 Å². The first-order valence-corrected chi connectivity index (χ1v) is 9.67. The van der Waals surface area contributed by atoms with Crippen molar-refractivity contribution in [3.05, 3.63) is 59.7 Å². The number of hydrogen-bond donors (Lipinski definition) is 1. The molecule has 0 unspecified atom stereocenters. The number of carbonyl (C=O) groups is 1. The van der Waals surface area contributed by atoms with Gasteiger partial charge in [0, 0.05) is 12.6 Å². The lowest BCUT2D eigenvalue weighted by Crippen LogP contribution is -2.25. The molecule has 3 rings (SSSR count). The molecule has 0 aliphatic heterocycles. The van der Waals surface area contributed by atoms with Crippen LogP contribution in [0.4, 0.5) is 10.1 Å². The van der Waals surface area contributed by atoms with E-state index in [4.69, 9.17) is 4.84 Å². The van der Waals surface area contributed by atoms with E-state index in [1.807, 2.05) is 0 Å². The van der Waals surface area contributed by atoms with Crippen molar-refractivity contribution in [3.8, 4) is 5.69 Å². The summed E-state index contributed by atoms with van der Waals surface area (Å²) in [6, 6.07) is 9.21. The van der Waals surface area contributed by atoms with E-state index in [2.05, 4.69) is 20.8 Å². The zero-order valence-corrected chi connectivity index (χ0v) is 16.5. The highest BCUT2D eigenvalue weighted by Gasteiger charge is 2.21. The van der Waals surface area contributed by atoms with Gasteiger partial charge in [0.05, 0.1) is 23.4 Å². The van der Waals surface area contributed by atoms with Crippen LogP contribution < -0.4 is 5.32 Å². The minimum atomic E-state index is -3.83. The summed E-state index contributed by atoms with van der Waals surface area (Å²) in [5, 5.41) is 13.5. The molecule has 0 spiro atoms. The molecule has 0 bridgehead atoms. The monoisotopic (exact) mass is 420 g/mol. The number of hydroxylamine groups is 1. The molecule has 29 heavy (non-hydrogen) atoms. The van der Waals surface area contributed by atoms with Gasteiger partial charge in [-0.25, -0.2) is 12.8 Å². The SMILES string of the molecule is CON(C)S(=O)(=O)c1ccc(C(=O)Nc2cc(-n3nnnc3C)ccc2F)cc1. The van der Waals surface area contributed by atoms with Gasteiger partial charge in [0.1, 0.15) is 5.82 Å². The number of rotatable bonds is 6. The van der Waals surface area contributed by atoms with Crippen LogP contribution in [-0.2, 0) is 14.9 Å². The lowest BCUT2D eigenvalue weighted by atomic mass is 10.2. The smallest absolute Gasteiger partial charge is 0.264 e. The van der Waals surface area contributed by atoms with E-state index in [-0.39, 0.29) is 16.1 Å². The molecule has 0 saturated heterocycles. The third-order valence-electron chi connectivity index (χ3n) is 4.08. The van der Waals surface area contributed by atoms with Gasteiger partial charge in [-0.3, -0.25) is 9.63 Å². The molecule has 0 radical (unpaired) electrons. The second-order valence-corrected chi connectivity index (χ2v) is 7.81. The van der Waals surface area contributed by atoms with Gasteiger partial charge in [-0.2, -0.15) is 4.68 Å². The number of amides is 1. The van der Waals surface area contributed by atoms with Crippen molar-refractivity contribution >= 4 is 21.6 Å². The van der Waals surface area contributed by atoms with Gasteiger partial charge < -0.3 is 5.32 Å². The highest BCUT2D eigenvalue weighted by atomic mass is 32.2. The summed E-state index contributed by atoms with van der Waals surface area (Å²) in [7, 11) is -1.36. The second kappa shape index (κ2) is 8.03. The average molecular weight is 420 g/mol. The summed E-state index contributed by atoms with van der Waals surface area (Å²) in [5.74, 6) is -0.765. The van der Waals surface area contributed by atoms with Gasteiger partial charge in [-0.15, -0.1) is 5.10 Å². The van der Waals surface area contributed by atoms with Crippen molar-refractivity contribution < 1.29 is 22.4 Å². The maximum absolute atomic E-state index is 14.2. The van der Waals surface area contributed by atoms with Crippen LogP contribution in [0.3, 0.4) is 0 Å². The Labute approximate surface area is 165 Å². The van der Waals surface area contributed by atoms with Crippen LogP contribution in [0.25, 0.3) is 5.69 Å². The summed E-state index contributed by atoms with van der Waals surface area (Å²) in [6.07, 6.45) is 0. The van der Waals surface area contributed by atoms with E-state index in [1.165, 1.54) is 61.3 Å². The fraction of sp³-hybridized carbons (Fsp3) is 0.176. The molecule has 1 aromatic heterocycles. The van der Waals surface area contributed by atoms with E-state index in [0.29, 0.717) is 16.0 Å². The molecule has 1 amide bonds. The van der Waals surface area contributed by atoms with Crippen molar-refractivity contribution in [1.82, 2.24) is 24.7 Å². The molecule has 3 aromatic rings. The van der Waals surface area contributed by atoms with Crippen molar-refractivity contribution in [2.45, 2.75) is 11.8 Å². The first kappa shape index (κ1) is 20.5. The van der Waals surface area contributed by atoms with Gasteiger partial charge in [0.15, 0.2) is 5.82 Å². The Morgan fingerprint density at radius 3 is 2.48 bits per heavy atom. The minimum Gasteiger partial charge on any atom is -0.319 e. The Morgan fingerprint density at radius 2 is 1.90 bits per heavy atom. The Balaban J connectivity index is 1.83. The number of carbonyl (C=O) groups excluding carboxylic acids is 1. The topological polar surface area (TPSA) is 119 Å². The third-order valence-corrected chi connectivity index (χ3v) is 5.77. The average Bonchev–Trinajstić information content (AvgIpc) is 3.14. The lowest BCUT2D eigenvalue weighted by molar-refractivity contribution is -0.0258. The fourth-order valence-electron chi connectivity index (χ4n) is 2.43. The standard InChI is InChI=1S/C17H17FN6O4S/c1-11-20-21-22-24(11)13-6-9-15(18)16(10-13)19-17(25)12-4-7-14(8-5-12)29(26,27)23(2)28-3/h4-10H,1-3H3,(H,19,25). The van der Waals surface area contributed by atoms with Crippen LogP contribution in [0, 0.1) is 12.7 Å². The maximum Gasteiger partial charge on any atom is 0.264 e. The zero-order valence-electron chi connectivity index (χ0n) is 15.7. The number of nitrogens with one attached hydrogen (secondary N) is 1. The molecular formula is C17H17FN6O4S. The van der Waals surface area contributed by atoms with Crippen molar-refractivity contribution in [1.29, 1.82) is 0 Å². The van der Waals surface area contributed by atoms with Gasteiger partial charge in [-0.05, 0) is 59.8 Å². The van der Waals surface area contributed by atoms with E-state index >= 15 is 0 Å². The van der Waals surface area contributed by atoms with E-state index < -0.39 is 21.7 Å². The predicted molar refractivity (Wildman–Crippen MR) is 100 cm³/mol. The molecule has 0 saturated carbocycles. The number of hydrogen-bond acceptors (Lipinski definition) is 7. The van der Waals surface area contributed by atoms with Crippen molar-refractivity contribution in [2.75, 3.05) is 19.5 Å². The lowest BCUT2D eigenvalue weighted by Gasteiger charge is -2.14. The molecule has 2 aromatic carbocycles. The summed E-state index contributed by atoms with van der Waals surface area (Å²) in [6.45, 7) is 1.68. The Bertz CT molecular complexity index is 1150. The highest BCUT2D eigenvalue weighted by Crippen LogP contribution is 2.21. The molecule has 152 valence electrons. The first-order valence-electron chi connectivity index (χ1n) is 8.23. The number of aryl methyl sites for hydroxylation is 1. The molecule has 0 aliphatic carbocycles. The second-order valence-electron chi connectivity index (χ2n) is 5.88. The minimum absolute atomic E-state index is 0.0549. The number of anilines is 1.